The number of nitrogens with zero attached hydrogens (tertiary/aromatic N) is 2. The molecule has 1 saturated carbocycles. The van der Waals surface area contributed by atoms with Crippen molar-refractivity contribution < 1.29 is 19.1 Å². The summed E-state index contributed by atoms with van der Waals surface area (Å²) >= 11 is 1.26. The van der Waals surface area contributed by atoms with Gasteiger partial charge in [0.1, 0.15) is 17.4 Å². The molecule has 1 N–H and O–H groups in total. The SMILES string of the molecule is Cc1ccc2c(c1)CCC[C@]21COc2ccc(SNC(=O)[C@@H](C)N(C/C=C\CC3CCC3)C(=O)OC(C)(C)C)cc2N(C)C1. The molecule has 8 heteroatoms. The molecule has 2 amide bonds. The fraction of sp³-hybridized carbons (Fsp3) is 0.556. The predicted molar refractivity (Wildman–Crippen MR) is 179 cm³/mol. The molecule has 2 atom stereocenters. The van der Waals surface area contributed by atoms with Gasteiger partial charge in [0, 0.05) is 30.4 Å². The van der Waals surface area contributed by atoms with Crippen LogP contribution >= 0.6 is 11.9 Å². The number of allylic oxidation sites excluding steroid dienone is 1. The molecule has 5 rings (SSSR count). The monoisotopic (exact) mass is 619 g/mol. The molecule has 1 fully saturated rings. The minimum Gasteiger partial charge on any atom is -0.490 e. The van der Waals surface area contributed by atoms with Gasteiger partial charge in [-0.1, -0.05) is 55.2 Å². The maximum Gasteiger partial charge on any atom is 0.411 e. The van der Waals surface area contributed by atoms with Crippen molar-refractivity contribution in [3.63, 3.8) is 0 Å². The van der Waals surface area contributed by atoms with Crippen LogP contribution < -0.4 is 14.4 Å². The average molecular weight is 620 g/mol. The van der Waals surface area contributed by atoms with E-state index in [2.05, 4.69) is 53.9 Å². The number of hydrogen-bond donors (Lipinski definition) is 1. The number of anilines is 1. The zero-order chi connectivity index (χ0) is 31.5. The molecular formula is C36H49N3O4S. The summed E-state index contributed by atoms with van der Waals surface area (Å²) in [6.45, 7) is 11.3. The molecular weight excluding hydrogens is 570 g/mol. The highest BCUT2D eigenvalue weighted by Crippen LogP contribution is 2.44. The first-order chi connectivity index (χ1) is 20.9. The van der Waals surface area contributed by atoms with Crippen LogP contribution in [0.1, 0.15) is 82.9 Å². The first-order valence-electron chi connectivity index (χ1n) is 16.1. The lowest BCUT2D eigenvalue weighted by Crippen LogP contribution is -2.48. The highest BCUT2D eigenvalue weighted by Gasteiger charge is 2.41. The van der Waals surface area contributed by atoms with Crippen LogP contribution in [0, 0.1) is 12.8 Å². The molecule has 0 bridgehead atoms. The van der Waals surface area contributed by atoms with Crippen LogP contribution in [0.2, 0.25) is 0 Å². The standard InChI is InChI=1S/C36H49N3O4S/c1-25-15-17-30-28(21-25)14-10-19-36(30)23-38(6)31-22-29(16-18-32(31)42-24-36)44-37-33(40)26(2)39(34(41)43-35(3,4)5)20-8-7-11-27-12-9-13-27/h7-8,15-18,21-22,26-27H,9-14,19-20,23-24H2,1-6H3,(H,37,40)/b8-7-/t26-,36+/m1/s1. The molecule has 1 spiro atoms. The molecule has 0 unspecified atom stereocenters. The van der Waals surface area contributed by atoms with Gasteiger partial charge in [-0.15, -0.1) is 0 Å². The zero-order valence-electron chi connectivity index (χ0n) is 27.3. The van der Waals surface area contributed by atoms with E-state index in [0.29, 0.717) is 13.2 Å². The quantitative estimate of drug-likeness (QED) is 0.243. The van der Waals surface area contributed by atoms with E-state index in [4.69, 9.17) is 9.47 Å². The first kappa shape index (κ1) is 32.3. The van der Waals surface area contributed by atoms with Gasteiger partial charge >= 0.3 is 6.09 Å². The molecule has 2 aromatic carbocycles. The molecule has 2 aliphatic carbocycles. The lowest BCUT2D eigenvalue weighted by molar-refractivity contribution is -0.123. The van der Waals surface area contributed by atoms with Gasteiger partial charge in [0.05, 0.1) is 12.3 Å². The molecule has 1 heterocycles. The predicted octanol–water partition coefficient (Wildman–Crippen LogP) is 7.59. The largest absolute Gasteiger partial charge is 0.490 e. The van der Waals surface area contributed by atoms with Crippen LogP contribution in [0.4, 0.5) is 10.5 Å². The molecule has 44 heavy (non-hydrogen) atoms. The number of fused-ring (bicyclic) bond motifs is 3. The summed E-state index contributed by atoms with van der Waals surface area (Å²) in [5.74, 6) is 1.36. The summed E-state index contributed by atoms with van der Waals surface area (Å²) in [7, 11) is 2.13. The minimum absolute atomic E-state index is 0.0521. The fourth-order valence-corrected chi connectivity index (χ4v) is 7.24. The Bertz CT molecular complexity index is 1380. The topological polar surface area (TPSA) is 71.1 Å². The number of ether oxygens (including phenoxy) is 2. The van der Waals surface area contributed by atoms with E-state index in [0.717, 1.165) is 54.5 Å². The van der Waals surface area contributed by atoms with Gasteiger partial charge in [-0.2, -0.15) is 0 Å². The number of nitrogens with one attached hydrogen (secondary N) is 1. The number of carbonyl (C=O) groups is 2. The van der Waals surface area contributed by atoms with Crippen molar-refractivity contribution in [1.29, 1.82) is 0 Å². The minimum atomic E-state index is -0.701. The highest BCUT2D eigenvalue weighted by molar-refractivity contribution is 7.98. The van der Waals surface area contributed by atoms with Crippen LogP contribution in [-0.4, -0.2) is 55.3 Å². The Balaban J connectivity index is 1.24. The van der Waals surface area contributed by atoms with Gasteiger partial charge in [-0.05, 0) is 107 Å². The Hall–Kier alpha value is -3.13. The van der Waals surface area contributed by atoms with Crippen molar-refractivity contribution in [2.24, 2.45) is 5.92 Å². The molecule has 0 saturated heterocycles. The smallest absolute Gasteiger partial charge is 0.411 e. The molecule has 2 aromatic rings. The van der Waals surface area contributed by atoms with Crippen molar-refractivity contribution in [1.82, 2.24) is 9.62 Å². The van der Waals surface area contributed by atoms with Crippen molar-refractivity contribution in [2.75, 3.05) is 31.6 Å². The van der Waals surface area contributed by atoms with E-state index < -0.39 is 17.7 Å². The molecule has 1 aliphatic heterocycles. The van der Waals surface area contributed by atoms with Gasteiger partial charge in [0.25, 0.3) is 5.91 Å². The lowest BCUT2D eigenvalue weighted by atomic mass is 9.70. The summed E-state index contributed by atoms with van der Waals surface area (Å²) in [5, 5.41) is 0. The molecule has 238 valence electrons. The second-order valence-corrected chi connectivity index (χ2v) is 14.8. The third-order valence-electron chi connectivity index (χ3n) is 9.23. The Kier molecular flexibility index (Phi) is 9.88. The summed E-state index contributed by atoms with van der Waals surface area (Å²) in [6, 6.07) is 12.2. The summed E-state index contributed by atoms with van der Waals surface area (Å²) in [5.41, 5.74) is 4.48. The molecule has 0 radical (unpaired) electrons. The van der Waals surface area contributed by atoms with Crippen molar-refractivity contribution in [3.05, 3.63) is 65.2 Å². The molecule has 7 nitrogen and oxygen atoms in total. The third kappa shape index (κ3) is 7.56. The van der Waals surface area contributed by atoms with Crippen LogP contribution in [0.25, 0.3) is 0 Å². The van der Waals surface area contributed by atoms with Crippen LogP contribution in [0.3, 0.4) is 0 Å². The Morgan fingerprint density at radius 3 is 2.70 bits per heavy atom. The normalized spacial score (nSPS) is 20.6. The maximum absolute atomic E-state index is 13.3. The fourth-order valence-electron chi connectivity index (χ4n) is 6.55. The Labute approximate surface area is 267 Å². The van der Waals surface area contributed by atoms with Crippen LogP contribution in [-0.2, 0) is 21.4 Å². The first-order valence-corrected chi connectivity index (χ1v) is 17.0. The lowest BCUT2D eigenvalue weighted by Gasteiger charge is -2.40. The zero-order valence-corrected chi connectivity index (χ0v) is 28.1. The number of rotatable bonds is 8. The van der Waals surface area contributed by atoms with E-state index in [1.54, 1.807) is 6.92 Å². The van der Waals surface area contributed by atoms with Crippen molar-refractivity contribution in [3.8, 4) is 5.75 Å². The summed E-state index contributed by atoms with van der Waals surface area (Å²) in [4.78, 5) is 31.1. The second-order valence-electron chi connectivity index (χ2n) is 13.9. The molecule has 3 aliphatic rings. The van der Waals surface area contributed by atoms with Gasteiger partial charge in [-0.25, -0.2) is 4.79 Å². The van der Waals surface area contributed by atoms with Crippen molar-refractivity contribution in [2.45, 2.75) is 102 Å². The number of likely N-dealkylation sites (N-methyl/N-ethyl adjacent to an activating group) is 1. The Morgan fingerprint density at radius 1 is 1.18 bits per heavy atom. The summed E-state index contributed by atoms with van der Waals surface area (Å²) < 4.78 is 15.1. The average Bonchev–Trinajstić information content (AvgIpc) is 3.07. The van der Waals surface area contributed by atoms with Gasteiger partial charge < -0.3 is 14.4 Å². The molecule has 0 aromatic heterocycles. The van der Waals surface area contributed by atoms with E-state index in [1.165, 1.54) is 52.8 Å². The van der Waals surface area contributed by atoms with E-state index in [9.17, 15) is 9.59 Å². The maximum atomic E-state index is 13.3. The number of amides is 2. The van der Waals surface area contributed by atoms with E-state index >= 15 is 0 Å². The third-order valence-corrected chi connectivity index (χ3v) is 10.0. The van der Waals surface area contributed by atoms with E-state index in [1.807, 2.05) is 39.0 Å². The number of benzene rings is 2. The van der Waals surface area contributed by atoms with Gasteiger partial charge in [0.15, 0.2) is 0 Å². The van der Waals surface area contributed by atoms with Crippen molar-refractivity contribution >= 4 is 29.6 Å². The second kappa shape index (κ2) is 13.5. The Morgan fingerprint density at radius 2 is 1.98 bits per heavy atom. The number of carbonyl (C=O) groups excluding carboxylic acids is 2. The number of aryl methyl sites for hydroxylation is 2. The van der Waals surface area contributed by atoms with Crippen LogP contribution in [0.5, 0.6) is 5.75 Å². The van der Waals surface area contributed by atoms with E-state index in [-0.39, 0.29) is 11.3 Å². The van der Waals surface area contributed by atoms with Gasteiger partial charge in [0.2, 0.25) is 0 Å². The highest BCUT2D eigenvalue weighted by atomic mass is 32.2. The summed E-state index contributed by atoms with van der Waals surface area (Å²) in [6.07, 6.45) is 11.9. The van der Waals surface area contributed by atoms with Crippen LogP contribution in [0.15, 0.2) is 53.4 Å². The number of hydrogen-bond acceptors (Lipinski definition) is 6. The van der Waals surface area contributed by atoms with Gasteiger partial charge in [-0.3, -0.25) is 14.4 Å².